The Bertz CT molecular complexity index is 848. The molecule has 8 heteroatoms. The van der Waals surface area contributed by atoms with Crippen LogP contribution in [0.5, 0.6) is 0 Å². The molecule has 3 rings (SSSR count). The van der Waals surface area contributed by atoms with Crippen LogP contribution in [-0.2, 0) is 16.0 Å². The fourth-order valence-corrected chi connectivity index (χ4v) is 4.01. The topological polar surface area (TPSA) is 66.5 Å². The first kappa shape index (κ1) is 18.7. The van der Waals surface area contributed by atoms with Gasteiger partial charge in [-0.05, 0) is 57.9 Å². The minimum Gasteiger partial charge on any atom is -0.354 e. The average molecular weight is 407 g/mol. The van der Waals surface area contributed by atoms with Crippen molar-refractivity contribution in [3.8, 4) is 0 Å². The van der Waals surface area contributed by atoms with Crippen LogP contribution in [0.1, 0.15) is 11.1 Å². The number of amides is 3. The standard InChI is InChI=1S/C18H15ClN2O3S2/c19-14-3-1-12(2-4-14)9-15-17(23)21(18(24)26-15)7-6-20-16(22)10-13-5-8-25-11-13/h1-5,8-9,11H,6-7,10H2,(H,20,22)/b15-9+. The molecule has 26 heavy (non-hydrogen) atoms. The van der Waals surface area contributed by atoms with Gasteiger partial charge < -0.3 is 5.32 Å². The molecule has 134 valence electrons. The summed E-state index contributed by atoms with van der Waals surface area (Å²) >= 11 is 8.27. The van der Waals surface area contributed by atoms with Crippen LogP contribution in [0, 0.1) is 0 Å². The summed E-state index contributed by atoms with van der Waals surface area (Å²) in [5.74, 6) is -0.478. The summed E-state index contributed by atoms with van der Waals surface area (Å²) in [6.07, 6.45) is 1.96. The molecule has 1 fully saturated rings. The Balaban J connectivity index is 1.54. The maximum absolute atomic E-state index is 12.4. The number of carbonyl (C=O) groups is 3. The monoisotopic (exact) mass is 406 g/mol. The van der Waals surface area contributed by atoms with Crippen molar-refractivity contribution >= 4 is 57.8 Å². The molecule has 0 unspecified atom stereocenters. The number of thioether (sulfide) groups is 1. The first-order valence-electron chi connectivity index (χ1n) is 7.81. The molecule has 1 aromatic carbocycles. The SMILES string of the molecule is O=C(Cc1ccsc1)NCCN1C(=O)S/C(=C/c2ccc(Cl)cc2)C1=O. The van der Waals surface area contributed by atoms with E-state index in [1.807, 2.05) is 16.8 Å². The van der Waals surface area contributed by atoms with E-state index in [-0.39, 0.29) is 30.1 Å². The summed E-state index contributed by atoms with van der Waals surface area (Å²) in [4.78, 5) is 37.8. The molecule has 0 saturated carbocycles. The Morgan fingerprint density at radius 1 is 1.19 bits per heavy atom. The van der Waals surface area contributed by atoms with Crippen LogP contribution < -0.4 is 5.32 Å². The second-order valence-electron chi connectivity index (χ2n) is 5.54. The highest BCUT2D eigenvalue weighted by Gasteiger charge is 2.34. The van der Waals surface area contributed by atoms with Crippen LogP contribution in [0.2, 0.25) is 5.02 Å². The van der Waals surface area contributed by atoms with Gasteiger partial charge in [-0.15, -0.1) is 0 Å². The molecular weight excluding hydrogens is 392 g/mol. The number of benzene rings is 1. The number of thiophene rings is 1. The van der Waals surface area contributed by atoms with Crippen molar-refractivity contribution < 1.29 is 14.4 Å². The van der Waals surface area contributed by atoms with Crippen molar-refractivity contribution in [1.82, 2.24) is 10.2 Å². The van der Waals surface area contributed by atoms with E-state index in [1.54, 1.807) is 30.3 Å². The molecule has 0 atom stereocenters. The third-order valence-electron chi connectivity index (χ3n) is 3.64. The molecule has 0 spiro atoms. The zero-order valence-corrected chi connectivity index (χ0v) is 16.0. The van der Waals surface area contributed by atoms with Crippen molar-refractivity contribution in [2.75, 3.05) is 13.1 Å². The molecule has 2 heterocycles. The average Bonchev–Trinajstić information content (AvgIpc) is 3.20. The van der Waals surface area contributed by atoms with Gasteiger partial charge in [0.05, 0.1) is 11.3 Å². The van der Waals surface area contributed by atoms with Gasteiger partial charge in [0, 0.05) is 18.1 Å². The van der Waals surface area contributed by atoms with Crippen LogP contribution in [-0.4, -0.2) is 35.0 Å². The maximum atomic E-state index is 12.4. The summed E-state index contributed by atoms with van der Waals surface area (Å²) < 4.78 is 0. The first-order valence-corrected chi connectivity index (χ1v) is 9.95. The van der Waals surface area contributed by atoms with Gasteiger partial charge in [0.1, 0.15) is 0 Å². The predicted molar refractivity (Wildman–Crippen MR) is 105 cm³/mol. The zero-order valence-electron chi connectivity index (χ0n) is 13.6. The van der Waals surface area contributed by atoms with E-state index in [1.165, 1.54) is 11.3 Å². The predicted octanol–water partition coefficient (Wildman–Crippen LogP) is 3.80. The van der Waals surface area contributed by atoms with Gasteiger partial charge >= 0.3 is 0 Å². The summed E-state index contributed by atoms with van der Waals surface area (Å²) in [5, 5.41) is 6.84. The molecule has 5 nitrogen and oxygen atoms in total. The highest BCUT2D eigenvalue weighted by Crippen LogP contribution is 2.32. The van der Waals surface area contributed by atoms with Crippen molar-refractivity contribution in [3.05, 3.63) is 62.1 Å². The summed E-state index contributed by atoms with van der Waals surface area (Å²) in [6, 6.07) is 8.89. The number of nitrogens with one attached hydrogen (secondary N) is 1. The van der Waals surface area contributed by atoms with Gasteiger partial charge in [-0.1, -0.05) is 23.7 Å². The molecular formula is C18H15ClN2O3S2. The Morgan fingerprint density at radius 2 is 1.96 bits per heavy atom. The third kappa shape index (κ3) is 4.75. The summed E-state index contributed by atoms with van der Waals surface area (Å²) in [5.41, 5.74) is 1.74. The van der Waals surface area contributed by atoms with E-state index in [0.717, 1.165) is 27.8 Å². The fraction of sp³-hybridized carbons (Fsp3) is 0.167. The number of rotatable bonds is 6. The lowest BCUT2D eigenvalue weighted by Gasteiger charge is -2.12. The molecule has 3 amide bonds. The van der Waals surface area contributed by atoms with E-state index in [2.05, 4.69) is 5.32 Å². The van der Waals surface area contributed by atoms with E-state index >= 15 is 0 Å². The van der Waals surface area contributed by atoms with E-state index < -0.39 is 0 Å². The van der Waals surface area contributed by atoms with Crippen LogP contribution in [0.4, 0.5) is 4.79 Å². The number of hydrogen-bond acceptors (Lipinski definition) is 5. The largest absolute Gasteiger partial charge is 0.354 e. The van der Waals surface area contributed by atoms with Crippen LogP contribution in [0.15, 0.2) is 46.0 Å². The Hall–Kier alpha value is -2.09. The van der Waals surface area contributed by atoms with Crippen LogP contribution in [0.25, 0.3) is 6.08 Å². The molecule has 2 aromatic rings. The summed E-state index contributed by atoms with van der Waals surface area (Å²) in [7, 11) is 0. The maximum Gasteiger partial charge on any atom is 0.293 e. The smallest absolute Gasteiger partial charge is 0.293 e. The lowest BCUT2D eigenvalue weighted by atomic mass is 10.2. The van der Waals surface area contributed by atoms with E-state index in [4.69, 9.17) is 11.6 Å². The molecule has 1 saturated heterocycles. The molecule has 0 radical (unpaired) electrons. The molecule has 1 aliphatic heterocycles. The highest BCUT2D eigenvalue weighted by molar-refractivity contribution is 8.18. The van der Waals surface area contributed by atoms with Crippen molar-refractivity contribution in [1.29, 1.82) is 0 Å². The van der Waals surface area contributed by atoms with E-state index in [0.29, 0.717) is 16.3 Å². The molecule has 1 aliphatic rings. The number of hydrogen-bond donors (Lipinski definition) is 1. The Labute approximate surface area is 164 Å². The van der Waals surface area contributed by atoms with Gasteiger partial charge in [-0.3, -0.25) is 19.3 Å². The van der Waals surface area contributed by atoms with Gasteiger partial charge in [0.25, 0.3) is 11.1 Å². The van der Waals surface area contributed by atoms with Crippen LogP contribution >= 0.6 is 34.7 Å². The molecule has 0 aliphatic carbocycles. The van der Waals surface area contributed by atoms with Gasteiger partial charge in [-0.2, -0.15) is 11.3 Å². The molecule has 1 aromatic heterocycles. The lowest BCUT2D eigenvalue weighted by Crippen LogP contribution is -2.37. The highest BCUT2D eigenvalue weighted by atomic mass is 35.5. The number of nitrogens with zero attached hydrogens (tertiary/aromatic N) is 1. The van der Waals surface area contributed by atoms with Gasteiger partial charge in [-0.25, -0.2) is 0 Å². The minimum absolute atomic E-state index is 0.132. The fourth-order valence-electron chi connectivity index (χ4n) is 2.35. The first-order chi connectivity index (χ1) is 12.5. The number of halogens is 1. The van der Waals surface area contributed by atoms with E-state index in [9.17, 15) is 14.4 Å². The van der Waals surface area contributed by atoms with Crippen molar-refractivity contribution in [2.24, 2.45) is 0 Å². The zero-order chi connectivity index (χ0) is 18.5. The second kappa shape index (κ2) is 8.53. The van der Waals surface area contributed by atoms with Gasteiger partial charge in [0.2, 0.25) is 5.91 Å². The molecule has 0 bridgehead atoms. The number of imide groups is 1. The third-order valence-corrected chi connectivity index (χ3v) is 5.54. The lowest BCUT2D eigenvalue weighted by molar-refractivity contribution is -0.124. The molecule has 1 N–H and O–H groups in total. The number of carbonyl (C=O) groups excluding carboxylic acids is 3. The van der Waals surface area contributed by atoms with Crippen LogP contribution in [0.3, 0.4) is 0 Å². The summed E-state index contributed by atoms with van der Waals surface area (Å²) in [6.45, 7) is 0.382. The second-order valence-corrected chi connectivity index (χ2v) is 7.75. The normalized spacial score (nSPS) is 15.7. The van der Waals surface area contributed by atoms with Crippen molar-refractivity contribution in [2.45, 2.75) is 6.42 Å². The Morgan fingerprint density at radius 3 is 2.65 bits per heavy atom. The minimum atomic E-state index is -0.345. The Kier molecular flexibility index (Phi) is 6.13. The van der Waals surface area contributed by atoms with Gasteiger partial charge in [0.15, 0.2) is 0 Å². The quantitative estimate of drug-likeness (QED) is 0.741. The van der Waals surface area contributed by atoms with Crippen molar-refractivity contribution in [3.63, 3.8) is 0 Å².